The van der Waals surface area contributed by atoms with Gasteiger partial charge in [-0.15, -0.1) is 0 Å². The first kappa shape index (κ1) is 13.9. The standard InChI is InChI=1S/C15H21NO3/c1-16(12-5-3-4-6-12)10-11-7-8-13(15(17)18)14(9-11)19-2/h7-9,12H,3-6,10H2,1-2H3,(H,17,18). The maximum Gasteiger partial charge on any atom is 0.339 e. The Morgan fingerprint density at radius 1 is 1.42 bits per heavy atom. The molecule has 0 aromatic heterocycles. The minimum absolute atomic E-state index is 0.217. The number of hydrogen-bond acceptors (Lipinski definition) is 3. The molecule has 1 fully saturated rings. The Morgan fingerprint density at radius 2 is 2.11 bits per heavy atom. The highest BCUT2D eigenvalue weighted by molar-refractivity contribution is 5.90. The molecule has 0 radical (unpaired) electrons. The van der Waals surface area contributed by atoms with E-state index in [-0.39, 0.29) is 5.56 Å². The number of benzene rings is 1. The molecule has 1 aromatic carbocycles. The van der Waals surface area contributed by atoms with Crippen molar-refractivity contribution in [3.63, 3.8) is 0 Å². The molecule has 1 saturated carbocycles. The molecule has 2 rings (SSSR count). The highest BCUT2D eigenvalue weighted by Gasteiger charge is 2.20. The van der Waals surface area contributed by atoms with Crippen LogP contribution in [0.25, 0.3) is 0 Å². The number of hydrogen-bond donors (Lipinski definition) is 1. The molecule has 0 spiro atoms. The fraction of sp³-hybridized carbons (Fsp3) is 0.533. The van der Waals surface area contributed by atoms with Crippen molar-refractivity contribution in [3.05, 3.63) is 29.3 Å². The summed E-state index contributed by atoms with van der Waals surface area (Å²) in [7, 11) is 3.64. The van der Waals surface area contributed by atoms with Gasteiger partial charge in [-0.1, -0.05) is 18.9 Å². The Kier molecular flexibility index (Phi) is 4.43. The molecule has 1 N–H and O–H groups in total. The largest absolute Gasteiger partial charge is 0.496 e. The van der Waals surface area contributed by atoms with E-state index in [9.17, 15) is 4.79 Å². The molecule has 0 aliphatic heterocycles. The fourth-order valence-electron chi connectivity index (χ4n) is 2.77. The number of carboxylic acid groups (broad SMARTS) is 1. The monoisotopic (exact) mass is 263 g/mol. The summed E-state index contributed by atoms with van der Waals surface area (Å²) in [4.78, 5) is 13.4. The first-order chi connectivity index (χ1) is 9.11. The van der Waals surface area contributed by atoms with E-state index in [1.807, 2.05) is 12.1 Å². The molecule has 0 saturated heterocycles. The van der Waals surface area contributed by atoms with E-state index in [4.69, 9.17) is 9.84 Å². The van der Waals surface area contributed by atoms with Crippen molar-refractivity contribution in [2.24, 2.45) is 0 Å². The van der Waals surface area contributed by atoms with E-state index in [0.29, 0.717) is 11.8 Å². The minimum atomic E-state index is -0.951. The highest BCUT2D eigenvalue weighted by atomic mass is 16.5. The lowest BCUT2D eigenvalue weighted by Gasteiger charge is -2.24. The second kappa shape index (κ2) is 6.06. The van der Waals surface area contributed by atoms with Crippen LogP contribution in [0.1, 0.15) is 41.6 Å². The van der Waals surface area contributed by atoms with Crippen LogP contribution in [0, 0.1) is 0 Å². The number of carbonyl (C=O) groups is 1. The third-order valence-electron chi connectivity index (χ3n) is 3.88. The Labute approximate surface area is 114 Å². The van der Waals surface area contributed by atoms with Gasteiger partial charge in [0.15, 0.2) is 0 Å². The van der Waals surface area contributed by atoms with Gasteiger partial charge in [-0.3, -0.25) is 4.90 Å². The van der Waals surface area contributed by atoms with Crippen LogP contribution in [0.4, 0.5) is 0 Å². The molecule has 0 atom stereocenters. The lowest BCUT2D eigenvalue weighted by Crippen LogP contribution is -2.28. The van der Waals surface area contributed by atoms with Gasteiger partial charge in [0.25, 0.3) is 0 Å². The molecule has 0 heterocycles. The zero-order chi connectivity index (χ0) is 13.8. The Morgan fingerprint density at radius 3 is 2.68 bits per heavy atom. The zero-order valence-corrected chi connectivity index (χ0v) is 11.6. The van der Waals surface area contributed by atoms with Gasteiger partial charge in [0, 0.05) is 12.6 Å². The van der Waals surface area contributed by atoms with Crippen LogP contribution in [-0.2, 0) is 6.54 Å². The van der Waals surface area contributed by atoms with Crippen molar-refractivity contribution >= 4 is 5.97 Å². The minimum Gasteiger partial charge on any atom is -0.496 e. The maximum atomic E-state index is 11.0. The van der Waals surface area contributed by atoms with E-state index in [1.54, 1.807) is 6.07 Å². The summed E-state index contributed by atoms with van der Waals surface area (Å²) in [6.07, 6.45) is 5.16. The molecule has 0 bridgehead atoms. The van der Waals surface area contributed by atoms with Crippen LogP contribution in [0.2, 0.25) is 0 Å². The molecule has 104 valence electrons. The number of methoxy groups -OCH3 is 1. The van der Waals surface area contributed by atoms with Gasteiger partial charge in [-0.2, -0.15) is 0 Å². The van der Waals surface area contributed by atoms with Crippen LogP contribution in [0.15, 0.2) is 18.2 Å². The molecule has 0 amide bonds. The second-order valence-electron chi connectivity index (χ2n) is 5.19. The molecule has 1 aromatic rings. The Bertz CT molecular complexity index is 453. The first-order valence-corrected chi connectivity index (χ1v) is 6.72. The average molecular weight is 263 g/mol. The summed E-state index contributed by atoms with van der Waals surface area (Å²) in [5.41, 5.74) is 1.31. The molecule has 19 heavy (non-hydrogen) atoms. The van der Waals surface area contributed by atoms with Gasteiger partial charge in [0.05, 0.1) is 7.11 Å². The Balaban J connectivity index is 2.10. The summed E-state index contributed by atoms with van der Waals surface area (Å²) in [5, 5.41) is 9.05. The van der Waals surface area contributed by atoms with E-state index in [1.165, 1.54) is 32.8 Å². The van der Waals surface area contributed by atoms with Crippen molar-refractivity contribution in [2.45, 2.75) is 38.3 Å². The summed E-state index contributed by atoms with van der Waals surface area (Å²) < 4.78 is 5.15. The zero-order valence-electron chi connectivity index (χ0n) is 11.6. The second-order valence-corrected chi connectivity index (χ2v) is 5.19. The van der Waals surface area contributed by atoms with Crippen molar-refractivity contribution in [3.8, 4) is 5.75 Å². The van der Waals surface area contributed by atoms with E-state index >= 15 is 0 Å². The lowest BCUT2D eigenvalue weighted by molar-refractivity contribution is 0.0693. The van der Waals surface area contributed by atoms with Gasteiger partial charge in [-0.25, -0.2) is 4.79 Å². The van der Waals surface area contributed by atoms with Crippen molar-refractivity contribution in [1.82, 2.24) is 4.90 Å². The van der Waals surface area contributed by atoms with Crippen molar-refractivity contribution < 1.29 is 14.6 Å². The third kappa shape index (κ3) is 3.26. The molecule has 1 aliphatic carbocycles. The van der Waals surface area contributed by atoms with Gasteiger partial charge >= 0.3 is 5.97 Å². The summed E-state index contributed by atoms with van der Waals surface area (Å²) in [6.45, 7) is 0.834. The van der Waals surface area contributed by atoms with Crippen LogP contribution < -0.4 is 4.74 Å². The van der Waals surface area contributed by atoms with Gasteiger partial charge in [0.2, 0.25) is 0 Å². The van der Waals surface area contributed by atoms with Gasteiger partial charge in [0.1, 0.15) is 11.3 Å². The van der Waals surface area contributed by atoms with Crippen LogP contribution in [0.3, 0.4) is 0 Å². The smallest absolute Gasteiger partial charge is 0.339 e. The highest BCUT2D eigenvalue weighted by Crippen LogP contribution is 2.25. The van der Waals surface area contributed by atoms with Crippen molar-refractivity contribution in [2.75, 3.05) is 14.2 Å². The quantitative estimate of drug-likeness (QED) is 0.887. The van der Waals surface area contributed by atoms with Crippen molar-refractivity contribution in [1.29, 1.82) is 0 Å². The van der Waals surface area contributed by atoms with E-state index in [2.05, 4.69) is 11.9 Å². The fourth-order valence-corrected chi connectivity index (χ4v) is 2.77. The molecule has 0 unspecified atom stereocenters. The molecular formula is C15H21NO3. The number of carboxylic acids is 1. The summed E-state index contributed by atoms with van der Waals surface area (Å²) in [5.74, 6) is -0.516. The maximum absolute atomic E-state index is 11.0. The predicted octanol–water partition coefficient (Wildman–Crippen LogP) is 2.77. The average Bonchev–Trinajstić information content (AvgIpc) is 2.92. The first-order valence-electron chi connectivity index (χ1n) is 6.72. The van der Waals surface area contributed by atoms with Crippen LogP contribution in [-0.4, -0.2) is 36.2 Å². The van der Waals surface area contributed by atoms with E-state index in [0.717, 1.165) is 12.1 Å². The van der Waals surface area contributed by atoms with Gasteiger partial charge in [-0.05, 0) is 37.6 Å². The summed E-state index contributed by atoms with van der Waals surface area (Å²) >= 11 is 0. The normalized spacial score (nSPS) is 15.9. The van der Waals surface area contributed by atoms with Gasteiger partial charge < -0.3 is 9.84 Å². The summed E-state index contributed by atoms with van der Waals surface area (Å²) in [6, 6.07) is 5.98. The van der Waals surface area contributed by atoms with Crippen LogP contribution >= 0.6 is 0 Å². The Hall–Kier alpha value is -1.55. The lowest BCUT2D eigenvalue weighted by atomic mass is 10.1. The SMILES string of the molecule is COc1cc(CN(C)C2CCCC2)ccc1C(=O)O. The molecule has 4 heteroatoms. The molecular weight excluding hydrogens is 242 g/mol. The van der Waals surface area contributed by atoms with Crippen LogP contribution in [0.5, 0.6) is 5.75 Å². The molecule has 1 aliphatic rings. The molecule has 4 nitrogen and oxygen atoms in total. The number of nitrogens with zero attached hydrogens (tertiary/aromatic N) is 1. The predicted molar refractivity (Wildman–Crippen MR) is 73.7 cm³/mol. The topological polar surface area (TPSA) is 49.8 Å². The third-order valence-corrected chi connectivity index (χ3v) is 3.88. The number of aromatic carboxylic acids is 1. The van der Waals surface area contributed by atoms with E-state index < -0.39 is 5.97 Å². The number of rotatable bonds is 5. The number of ether oxygens (including phenoxy) is 1.